The van der Waals surface area contributed by atoms with E-state index in [9.17, 15) is 0 Å². The van der Waals surface area contributed by atoms with Crippen molar-refractivity contribution in [3.63, 3.8) is 0 Å². The molecule has 2 rings (SSSR count). The fraction of sp³-hybridized carbons (Fsp3) is 0.538. The molecular weight excluding hydrogens is 232 g/mol. The van der Waals surface area contributed by atoms with Gasteiger partial charge >= 0.3 is 0 Å². The number of morpholine rings is 1. The highest BCUT2D eigenvalue weighted by Crippen LogP contribution is 2.12. The Morgan fingerprint density at radius 1 is 1.33 bits per heavy atom. The van der Waals surface area contributed by atoms with Gasteiger partial charge < -0.3 is 19.6 Å². The zero-order chi connectivity index (χ0) is 12.6. The third kappa shape index (κ3) is 3.96. The lowest BCUT2D eigenvalue weighted by Gasteiger charge is -2.35. The number of nitrogens with zero attached hydrogens (tertiary/aromatic N) is 1. The van der Waals surface area contributed by atoms with Crippen molar-refractivity contribution >= 4 is 5.69 Å². The number of hydrogen-bond acceptors (Lipinski definition) is 5. The maximum absolute atomic E-state index is 5.72. The lowest BCUT2D eigenvalue weighted by Crippen LogP contribution is -2.50. The van der Waals surface area contributed by atoms with Crippen molar-refractivity contribution in [3.8, 4) is 0 Å². The van der Waals surface area contributed by atoms with Gasteiger partial charge in [-0.25, -0.2) is 0 Å². The third-order valence-corrected chi connectivity index (χ3v) is 2.73. The maximum Gasteiger partial charge on any atom is 0.150 e. The summed E-state index contributed by atoms with van der Waals surface area (Å²) in [5, 5.41) is 2.06. The van der Waals surface area contributed by atoms with Gasteiger partial charge in [-0.1, -0.05) is 18.2 Å². The maximum atomic E-state index is 5.72. The van der Waals surface area contributed by atoms with Crippen molar-refractivity contribution in [2.75, 3.05) is 45.5 Å². The van der Waals surface area contributed by atoms with Crippen LogP contribution in [0.5, 0.6) is 0 Å². The molecule has 1 fully saturated rings. The molecule has 1 unspecified atom stereocenters. The molecule has 0 aliphatic carbocycles. The second-order valence-corrected chi connectivity index (χ2v) is 4.06. The first-order chi connectivity index (χ1) is 8.90. The number of benzene rings is 1. The Kier molecular flexibility index (Phi) is 5.41. The third-order valence-electron chi connectivity index (χ3n) is 2.73. The minimum Gasteiger partial charge on any atom is -0.382 e. The Balaban J connectivity index is 1.87. The largest absolute Gasteiger partial charge is 0.382 e. The summed E-state index contributed by atoms with van der Waals surface area (Å²) in [6.07, 6.45) is -0.0749. The average Bonchev–Trinajstić information content (AvgIpc) is 2.42. The molecule has 0 radical (unpaired) electrons. The summed E-state index contributed by atoms with van der Waals surface area (Å²) in [6, 6.07) is 10.1. The summed E-state index contributed by atoms with van der Waals surface area (Å²) in [5.74, 6) is 0. The normalized spacial score (nSPS) is 20.8. The van der Waals surface area contributed by atoms with Crippen LogP contribution in [0.1, 0.15) is 0 Å². The summed E-state index contributed by atoms with van der Waals surface area (Å²) in [6.45, 7) is 3.24. The van der Waals surface area contributed by atoms with Gasteiger partial charge in [-0.05, 0) is 12.1 Å². The number of rotatable bonds is 6. The number of methoxy groups -OCH3 is 1. The van der Waals surface area contributed by atoms with Gasteiger partial charge in [-0.15, -0.1) is 0 Å². The van der Waals surface area contributed by atoms with Crippen LogP contribution in [0, 0.1) is 0 Å². The second kappa shape index (κ2) is 7.33. The van der Waals surface area contributed by atoms with Gasteiger partial charge in [0.05, 0.1) is 26.4 Å². The van der Waals surface area contributed by atoms with Gasteiger partial charge in [0.2, 0.25) is 0 Å². The van der Waals surface area contributed by atoms with E-state index in [1.54, 1.807) is 7.11 Å². The highest BCUT2D eigenvalue weighted by Gasteiger charge is 2.23. The van der Waals surface area contributed by atoms with Gasteiger partial charge in [0.25, 0.3) is 0 Å². The molecule has 1 aromatic rings. The molecule has 1 aliphatic rings. The number of hydrazine groups is 1. The number of ether oxygens (including phenoxy) is 3. The number of anilines is 1. The lowest BCUT2D eigenvalue weighted by molar-refractivity contribution is -0.136. The molecule has 0 amide bonds. The van der Waals surface area contributed by atoms with Gasteiger partial charge in [0.1, 0.15) is 0 Å². The average molecular weight is 252 g/mol. The molecule has 0 aromatic heterocycles. The highest BCUT2D eigenvalue weighted by molar-refractivity contribution is 5.41. The van der Waals surface area contributed by atoms with Gasteiger partial charge in [-0.3, -0.25) is 0 Å². The molecule has 0 saturated carbocycles. The topological polar surface area (TPSA) is 43.0 Å². The monoisotopic (exact) mass is 252 g/mol. The van der Waals surface area contributed by atoms with E-state index in [1.807, 2.05) is 30.3 Å². The van der Waals surface area contributed by atoms with Crippen LogP contribution in [0.3, 0.4) is 0 Å². The van der Waals surface area contributed by atoms with E-state index in [-0.39, 0.29) is 6.23 Å². The standard InChI is InChI=1S/C13H20N2O3/c1-16-9-10-18-13-11-17-8-7-15(13)14-12-5-3-2-4-6-12/h2-6,13-14H,7-11H2,1H3. The van der Waals surface area contributed by atoms with E-state index >= 15 is 0 Å². The Morgan fingerprint density at radius 2 is 2.17 bits per heavy atom. The summed E-state index contributed by atoms with van der Waals surface area (Å²) >= 11 is 0. The van der Waals surface area contributed by atoms with Crippen LogP contribution < -0.4 is 5.43 Å². The van der Waals surface area contributed by atoms with E-state index in [1.165, 1.54) is 0 Å². The van der Waals surface area contributed by atoms with E-state index in [0.717, 1.165) is 12.2 Å². The summed E-state index contributed by atoms with van der Waals surface area (Å²) in [4.78, 5) is 0. The highest BCUT2D eigenvalue weighted by atomic mass is 16.6. The van der Waals surface area contributed by atoms with Crippen LogP contribution in [0.4, 0.5) is 5.69 Å². The van der Waals surface area contributed by atoms with Gasteiger partial charge in [0.15, 0.2) is 6.23 Å². The Hall–Kier alpha value is -1.14. The molecule has 0 spiro atoms. The fourth-order valence-electron chi connectivity index (χ4n) is 1.79. The van der Waals surface area contributed by atoms with Crippen LogP contribution in [-0.2, 0) is 14.2 Å². The minimum atomic E-state index is -0.0749. The Bertz CT molecular complexity index is 334. The first-order valence-electron chi connectivity index (χ1n) is 6.17. The molecule has 5 heteroatoms. The van der Waals surface area contributed by atoms with Crippen molar-refractivity contribution in [3.05, 3.63) is 30.3 Å². The van der Waals surface area contributed by atoms with Crippen LogP contribution >= 0.6 is 0 Å². The first-order valence-corrected chi connectivity index (χ1v) is 6.17. The summed E-state index contributed by atoms with van der Waals surface area (Å²) < 4.78 is 16.1. The molecule has 1 aromatic carbocycles. The van der Waals surface area contributed by atoms with Crippen molar-refractivity contribution in [1.82, 2.24) is 5.01 Å². The molecule has 1 aliphatic heterocycles. The van der Waals surface area contributed by atoms with E-state index in [2.05, 4.69) is 10.4 Å². The molecule has 18 heavy (non-hydrogen) atoms. The van der Waals surface area contributed by atoms with Crippen LogP contribution in [0.25, 0.3) is 0 Å². The number of hydrogen-bond donors (Lipinski definition) is 1. The van der Waals surface area contributed by atoms with Gasteiger partial charge in [0, 0.05) is 19.3 Å². The first kappa shape index (κ1) is 13.3. The van der Waals surface area contributed by atoms with Crippen LogP contribution in [-0.4, -0.2) is 51.3 Å². The predicted octanol–water partition coefficient (Wildman–Crippen LogP) is 1.33. The zero-order valence-electron chi connectivity index (χ0n) is 10.7. The molecule has 5 nitrogen and oxygen atoms in total. The fourth-order valence-corrected chi connectivity index (χ4v) is 1.79. The Labute approximate surface area is 108 Å². The van der Waals surface area contributed by atoms with E-state index in [0.29, 0.717) is 26.4 Å². The minimum absolute atomic E-state index is 0.0749. The predicted molar refractivity (Wildman–Crippen MR) is 69.2 cm³/mol. The van der Waals surface area contributed by atoms with Crippen molar-refractivity contribution in [1.29, 1.82) is 0 Å². The molecule has 1 atom stereocenters. The molecule has 1 N–H and O–H groups in total. The molecule has 1 saturated heterocycles. The van der Waals surface area contributed by atoms with Crippen molar-refractivity contribution in [2.24, 2.45) is 0 Å². The molecular formula is C13H20N2O3. The zero-order valence-corrected chi connectivity index (χ0v) is 10.7. The van der Waals surface area contributed by atoms with Gasteiger partial charge in [-0.2, -0.15) is 5.01 Å². The quantitative estimate of drug-likeness (QED) is 0.774. The SMILES string of the molecule is COCCOC1COCCN1Nc1ccccc1. The molecule has 1 heterocycles. The Morgan fingerprint density at radius 3 is 2.94 bits per heavy atom. The summed E-state index contributed by atoms with van der Waals surface area (Å²) in [7, 11) is 1.67. The molecule has 0 bridgehead atoms. The van der Waals surface area contributed by atoms with Crippen LogP contribution in [0.2, 0.25) is 0 Å². The second-order valence-electron chi connectivity index (χ2n) is 4.06. The summed E-state index contributed by atoms with van der Waals surface area (Å²) in [5.41, 5.74) is 4.40. The van der Waals surface area contributed by atoms with Crippen LogP contribution in [0.15, 0.2) is 30.3 Å². The number of para-hydroxylation sites is 1. The van der Waals surface area contributed by atoms with Crippen molar-refractivity contribution < 1.29 is 14.2 Å². The van der Waals surface area contributed by atoms with E-state index < -0.39 is 0 Å². The number of nitrogens with one attached hydrogen (secondary N) is 1. The lowest BCUT2D eigenvalue weighted by atomic mass is 10.3. The molecule has 100 valence electrons. The van der Waals surface area contributed by atoms with E-state index in [4.69, 9.17) is 14.2 Å². The smallest absolute Gasteiger partial charge is 0.150 e. The van der Waals surface area contributed by atoms with Crippen molar-refractivity contribution in [2.45, 2.75) is 6.23 Å².